The van der Waals surface area contributed by atoms with Crippen LogP contribution in [0.25, 0.3) is 0 Å². The highest BCUT2D eigenvalue weighted by molar-refractivity contribution is 5.78. The van der Waals surface area contributed by atoms with Gasteiger partial charge in [0.25, 0.3) is 0 Å². The molecule has 1 fully saturated rings. The molecule has 2 N–H and O–H groups in total. The van der Waals surface area contributed by atoms with E-state index < -0.39 is 0 Å². The average molecular weight is 331 g/mol. The van der Waals surface area contributed by atoms with E-state index in [1.54, 1.807) is 17.1 Å². The number of piperazine rings is 1. The molecule has 0 radical (unpaired) electrons. The Morgan fingerprint density at radius 2 is 2.00 bits per heavy atom. The second kappa shape index (κ2) is 7.76. The van der Waals surface area contributed by atoms with E-state index in [-0.39, 0.29) is 5.82 Å². The Balaban J connectivity index is 1.45. The number of halogens is 1. The van der Waals surface area contributed by atoms with Crippen LogP contribution in [-0.4, -0.2) is 58.3 Å². The third-order valence-corrected chi connectivity index (χ3v) is 4.08. The lowest BCUT2D eigenvalue weighted by atomic mass is 10.2. The van der Waals surface area contributed by atoms with Crippen LogP contribution >= 0.6 is 0 Å². The van der Waals surface area contributed by atoms with Gasteiger partial charge in [0.05, 0.1) is 5.69 Å². The molecule has 1 aliphatic rings. The molecule has 1 aromatic heterocycles. The molecule has 1 aromatic carbocycles. The van der Waals surface area contributed by atoms with E-state index in [1.807, 2.05) is 21.9 Å². The van der Waals surface area contributed by atoms with Gasteiger partial charge in [0.15, 0.2) is 5.96 Å². The van der Waals surface area contributed by atoms with Crippen LogP contribution in [0.4, 0.5) is 10.1 Å². The SMILES string of the molecule is NC(=NCCCn1cncn1)N1CCN(c2ccccc2F)CC1. The Bertz CT molecular complexity index is 663. The summed E-state index contributed by atoms with van der Waals surface area (Å²) < 4.78 is 15.6. The number of anilines is 1. The van der Waals surface area contributed by atoms with Crippen molar-refractivity contribution in [3.05, 3.63) is 42.7 Å². The normalized spacial score (nSPS) is 15.8. The van der Waals surface area contributed by atoms with Crippen LogP contribution in [0.3, 0.4) is 0 Å². The zero-order valence-corrected chi connectivity index (χ0v) is 13.6. The molecule has 0 atom stereocenters. The molecule has 128 valence electrons. The van der Waals surface area contributed by atoms with E-state index in [0.717, 1.165) is 39.1 Å². The maximum atomic E-state index is 13.8. The van der Waals surface area contributed by atoms with Gasteiger partial charge in [0, 0.05) is 39.3 Å². The van der Waals surface area contributed by atoms with Crippen molar-refractivity contribution in [1.29, 1.82) is 0 Å². The summed E-state index contributed by atoms with van der Waals surface area (Å²) in [5.41, 5.74) is 6.72. The van der Waals surface area contributed by atoms with Crippen LogP contribution in [0.1, 0.15) is 6.42 Å². The van der Waals surface area contributed by atoms with Crippen molar-refractivity contribution in [2.75, 3.05) is 37.6 Å². The van der Waals surface area contributed by atoms with Gasteiger partial charge in [-0.05, 0) is 18.6 Å². The molecule has 0 saturated carbocycles. The van der Waals surface area contributed by atoms with Crippen LogP contribution in [0.15, 0.2) is 41.9 Å². The summed E-state index contributed by atoms with van der Waals surface area (Å²) in [4.78, 5) is 12.4. The Kier molecular flexibility index (Phi) is 5.25. The first-order chi connectivity index (χ1) is 11.7. The highest BCUT2D eigenvalue weighted by Gasteiger charge is 2.20. The van der Waals surface area contributed by atoms with Crippen molar-refractivity contribution < 1.29 is 4.39 Å². The van der Waals surface area contributed by atoms with E-state index in [2.05, 4.69) is 15.1 Å². The zero-order chi connectivity index (χ0) is 16.8. The first kappa shape index (κ1) is 16.2. The molecule has 0 amide bonds. The van der Waals surface area contributed by atoms with Crippen molar-refractivity contribution in [3.8, 4) is 0 Å². The standard InChI is InChI=1S/C16H22FN7/c17-14-4-1-2-5-15(14)22-8-10-23(11-9-22)16(18)20-6-3-7-24-13-19-12-21-24/h1-2,4-5,12-13H,3,6-11H2,(H2,18,20). The molecule has 3 rings (SSSR count). The van der Waals surface area contributed by atoms with E-state index >= 15 is 0 Å². The van der Waals surface area contributed by atoms with Crippen LogP contribution in [-0.2, 0) is 6.54 Å². The number of rotatable bonds is 5. The molecule has 7 nitrogen and oxygen atoms in total. The van der Waals surface area contributed by atoms with E-state index in [4.69, 9.17) is 5.73 Å². The fraction of sp³-hybridized carbons (Fsp3) is 0.438. The fourth-order valence-electron chi connectivity index (χ4n) is 2.76. The fourth-order valence-corrected chi connectivity index (χ4v) is 2.76. The van der Waals surface area contributed by atoms with Crippen LogP contribution < -0.4 is 10.6 Å². The molecule has 0 bridgehead atoms. The predicted octanol–water partition coefficient (Wildman–Crippen LogP) is 0.944. The molecule has 1 saturated heterocycles. The third-order valence-electron chi connectivity index (χ3n) is 4.08. The number of aryl methyl sites for hydroxylation is 1. The van der Waals surface area contributed by atoms with E-state index in [0.29, 0.717) is 18.2 Å². The van der Waals surface area contributed by atoms with Crippen molar-refractivity contribution in [2.45, 2.75) is 13.0 Å². The minimum absolute atomic E-state index is 0.180. The molecule has 0 spiro atoms. The Morgan fingerprint density at radius 3 is 2.71 bits per heavy atom. The Morgan fingerprint density at radius 1 is 1.21 bits per heavy atom. The van der Waals surface area contributed by atoms with Crippen molar-refractivity contribution in [1.82, 2.24) is 19.7 Å². The highest BCUT2D eigenvalue weighted by atomic mass is 19.1. The van der Waals surface area contributed by atoms with Crippen LogP contribution in [0.2, 0.25) is 0 Å². The van der Waals surface area contributed by atoms with Gasteiger partial charge in [-0.3, -0.25) is 9.67 Å². The number of benzene rings is 1. The number of nitrogens with two attached hydrogens (primary N) is 1. The summed E-state index contributed by atoms with van der Waals surface area (Å²) in [6.45, 7) is 4.38. The summed E-state index contributed by atoms with van der Waals surface area (Å²) in [6, 6.07) is 6.87. The van der Waals surface area contributed by atoms with Gasteiger partial charge in [0.2, 0.25) is 0 Å². The molecular formula is C16H22FN7. The highest BCUT2D eigenvalue weighted by Crippen LogP contribution is 2.19. The predicted molar refractivity (Wildman–Crippen MR) is 91.3 cm³/mol. The first-order valence-electron chi connectivity index (χ1n) is 8.11. The summed E-state index contributed by atoms with van der Waals surface area (Å²) in [5, 5.41) is 4.05. The number of hydrogen-bond acceptors (Lipinski definition) is 4. The van der Waals surface area contributed by atoms with E-state index in [1.165, 1.54) is 12.4 Å². The first-order valence-corrected chi connectivity index (χ1v) is 8.11. The Labute approximate surface area is 140 Å². The van der Waals surface area contributed by atoms with Crippen molar-refractivity contribution >= 4 is 11.6 Å². The quantitative estimate of drug-likeness (QED) is 0.501. The van der Waals surface area contributed by atoms with Gasteiger partial charge in [-0.15, -0.1) is 0 Å². The number of guanidine groups is 1. The molecule has 8 heteroatoms. The minimum atomic E-state index is -0.180. The second-order valence-corrected chi connectivity index (χ2v) is 5.68. The molecule has 0 aliphatic carbocycles. The van der Waals surface area contributed by atoms with Crippen LogP contribution in [0.5, 0.6) is 0 Å². The van der Waals surface area contributed by atoms with Gasteiger partial charge >= 0.3 is 0 Å². The third kappa shape index (κ3) is 4.01. The minimum Gasteiger partial charge on any atom is -0.370 e. The molecule has 1 aliphatic heterocycles. The number of aromatic nitrogens is 3. The van der Waals surface area contributed by atoms with Crippen molar-refractivity contribution in [3.63, 3.8) is 0 Å². The summed E-state index contributed by atoms with van der Waals surface area (Å²) >= 11 is 0. The lowest BCUT2D eigenvalue weighted by Gasteiger charge is -2.36. The van der Waals surface area contributed by atoms with E-state index in [9.17, 15) is 4.39 Å². The maximum Gasteiger partial charge on any atom is 0.191 e. The maximum absolute atomic E-state index is 13.8. The Hall–Kier alpha value is -2.64. The number of para-hydroxylation sites is 1. The molecule has 2 aromatic rings. The molecular weight excluding hydrogens is 309 g/mol. The lowest BCUT2D eigenvalue weighted by molar-refractivity contribution is 0.378. The zero-order valence-electron chi connectivity index (χ0n) is 13.6. The average Bonchev–Trinajstić information content (AvgIpc) is 3.13. The van der Waals surface area contributed by atoms with Gasteiger partial charge in [0.1, 0.15) is 18.5 Å². The van der Waals surface area contributed by atoms with Crippen LogP contribution in [0, 0.1) is 5.82 Å². The van der Waals surface area contributed by atoms with Crippen molar-refractivity contribution in [2.24, 2.45) is 10.7 Å². The number of aliphatic imine (C=N–C) groups is 1. The van der Waals surface area contributed by atoms with Gasteiger partial charge in [-0.1, -0.05) is 12.1 Å². The molecule has 0 unspecified atom stereocenters. The smallest absolute Gasteiger partial charge is 0.191 e. The molecule has 2 heterocycles. The van der Waals surface area contributed by atoms with Gasteiger partial charge < -0.3 is 15.5 Å². The second-order valence-electron chi connectivity index (χ2n) is 5.68. The molecule has 24 heavy (non-hydrogen) atoms. The summed E-state index contributed by atoms with van der Waals surface area (Å²) in [6.07, 6.45) is 4.07. The number of hydrogen-bond donors (Lipinski definition) is 1. The number of nitrogens with zero attached hydrogens (tertiary/aromatic N) is 6. The largest absolute Gasteiger partial charge is 0.370 e. The monoisotopic (exact) mass is 331 g/mol. The van der Waals surface area contributed by atoms with Gasteiger partial charge in [-0.25, -0.2) is 9.37 Å². The topological polar surface area (TPSA) is 75.6 Å². The summed E-state index contributed by atoms with van der Waals surface area (Å²) in [5.74, 6) is 0.377. The summed E-state index contributed by atoms with van der Waals surface area (Å²) in [7, 11) is 0. The van der Waals surface area contributed by atoms with Gasteiger partial charge in [-0.2, -0.15) is 5.10 Å². The lowest BCUT2D eigenvalue weighted by Crippen LogP contribution is -2.51.